The lowest BCUT2D eigenvalue weighted by Crippen LogP contribution is -1.95. The third-order valence-corrected chi connectivity index (χ3v) is 16.7. The van der Waals surface area contributed by atoms with E-state index in [0.717, 1.165) is 0 Å². The molecule has 0 radical (unpaired) electrons. The smallest absolute Gasteiger partial charge is 0.0541 e. The van der Waals surface area contributed by atoms with Crippen molar-refractivity contribution in [2.45, 2.75) is 20.8 Å². The van der Waals surface area contributed by atoms with Gasteiger partial charge in [0.2, 0.25) is 0 Å². The van der Waals surface area contributed by atoms with Gasteiger partial charge in [-0.3, -0.25) is 0 Å². The lowest BCUT2D eigenvalue weighted by molar-refractivity contribution is 1.18. The van der Waals surface area contributed by atoms with Gasteiger partial charge in [-0.2, -0.15) is 0 Å². The number of hydrogen-bond acceptors (Lipinski definition) is 0. The van der Waals surface area contributed by atoms with Crippen LogP contribution in [0.15, 0.2) is 285 Å². The maximum absolute atomic E-state index is 2.39. The molecule has 16 rings (SSSR count). The summed E-state index contributed by atoms with van der Waals surface area (Å²) < 4.78 is 4.79. The van der Waals surface area contributed by atoms with Crippen molar-refractivity contribution in [2.75, 3.05) is 0 Å². The Hall–Kier alpha value is -10.3. The monoisotopic (exact) mass is 1030 g/mol. The molecule has 382 valence electrons. The summed E-state index contributed by atoms with van der Waals surface area (Å²) in [7, 11) is 0. The first-order valence-corrected chi connectivity index (χ1v) is 28.2. The Morgan fingerprint density at radius 3 is 0.815 bits per heavy atom. The molecule has 2 heteroatoms. The van der Waals surface area contributed by atoms with Crippen LogP contribution in [0.1, 0.15) is 16.7 Å². The molecule has 0 aliphatic rings. The lowest BCUT2D eigenvalue weighted by atomic mass is 9.85. The van der Waals surface area contributed by atoms with Crippen LogP contribution < -0.4 is 0 Å². The predicted octanol–water partition coefficient (Wildman–Crippen LogP) is 21.8. The molecule has 0 aliphatic carbocycles. The molecule has 0 saturated heterocycles. The fraction of sp³-hybridized carbons (Fsp3) is 0.0380. The SMILES string of the molecule is Cc1ccc2c(-c3ccc(-n4c5ccccc5c5cc(C)ccc54)cc3)c3ccccc3c(-c3ccccc3)c2c1.Cc1ccc2c(c1)c1ccccc1n2-c1ccc(-c2c3ccccc3c(-c3ccccc3)c3ccccc23)cc1. The van der Waals surface area contributed by atoms with Crippen LogP contribution in [0.25, 0.3) is 143 Å². The summed E-state index contributed by atoms with van der Waals surface area (Å²) in [6.45, 7) is 6.52. The summed E-state index contributed by atoms with van der Waals surface area (Å²) in [5, 5.41) is 15.4. The van der Waals surface area contributed by atoms with Gasteiger partial charge in [-0.05, 0) is 169 Å². The van der Waals surface area contributed by atoms with Crippen LogP contribution >= 0.6 is 0 Å². The van der Waals surface area contributed by atoms with Gasteiger partial charge in [0.15, 0.2) is 0 Å². The Morgan fingerprint density at radius 1 is 0.185 bits per heavy atom. The quantitative estimate of drug-likeness (QED) is 0.147. The summed E-state index contributed by atoms with van der Waals surface area (Å²) in [6.07, 6.45) is 0. The highest BCUT2D eigenvalue weighted by molar-refractivity contribution is 6.23. The average molecular weight is 1030 g/mol. The number of para-hydroxylation sites is 2. The van der Waals surface area contributed by atoms with Crippen LogP contribution in [0.4, 0.5) is 0 Å². The number of benzene rings is 14. The lowest BCUT2D eigenvalue weighted by Gasteiger charge is -2.18. The Morgan fingerprint density at radius 2 is 0.444 bits per heavy atom. The molecule has 0 bridgehead atoms. The Kier molecular flexibility index (Phi) is 11.6. The van der Waals surface area contributed by atoms with Crippen LogP contribution in [0.2, 0.25) is 0 Å². The molecule has 14 aromatic carbocycles. The number of aryl methyl sites for hydroxylation is 3. The molecule has 81 heavy (non-hydrogen) atoms. The molecular formula is C79H56N2. The van der Waals surface area contributed by atoms with Crippen molar-refractivity contribution in [3.63, 3.8) is 0 Å². The molecule has 2 nitrogen and oxygen atoms in total. The van der Waals surface area contributed by atoms with Crippen molar-refractivity contribution in [3.8, 4) is 55.9 Å². The van der Waals surface area contributed by atoms with Crippen molar-refractivity contribution < 1.29 is 0 Å². The van der Waals surface area contributed by atoms with Crippen molar-refractivity contribution >= 4 is 86.7 Å². The molecule has 2 aromatic heterocycles. The number of nitrogens with zero attached hydrogens (tertiary/aromatic N) is 2. The molecular weight excluding hydrogens is 977 g/mol. The third-order valence-electron chi connectivity index (χ3n) is 16.7. The standard InChI is InChI=1S/C40H29N.C39H27N/c1-26-16-22-34-36(25-26)40(28-10-4-3-5-11-28)33-14-7-6-13-32(33)39(34)29-18-20-30(21-19-29)41-37-15-9-8-12-31(37)35-24-27(2)17-23-38(35)41;1-26-19-24-37-35(25-26)30-13-9-10-18-36(30)40(37)29-22-20-28(21-23-29)39-33-16-7-5-14-31(33)38(27-11-3-2-4-12-27)32-15-6-8-17-34(32)39/h3-25H,1-2H3;2-25H,1H3. The highest BCUT2D eigenvalue weighted by Gasteiger charge is 2.20. The summed E-state index contributed by atoms with van der Waals surface area (Å²) in [5.41, 5.74) is 21.3. The predicted molar refractivity (Wildman–Crippen MR) is 348 cm³/mol. The van der Waals surface area contributed by atoms with E-state index < -0.39 is 0 Å². The summed E-state index contributed by atoms with van der Waals surface area (Å²) >= 11 is 0. The second-order valence-electron chi connectivity index (χ2n) is 21.8. The zero-order valence-corrected chi connectivity index (χ0v) is 45.5. The van der Waals surface area contributed by atoms with Gasteiger partial charge in [0.05, 0.1) is 22.1 Å². The second-order valence-corrected chi connectivity index (χ2v) is 21.8. The molecule has 2 heterocycles. The van der Waals surface area contributed by atoms with E-state index in [-0.39, 0.29) is 0 Å². The number of hydrogen-bond donors (Lipinski definition) is 0. The highest BCUT2D eigenvalue weighted by atomic mass is 15.0. The Balaban J connectivity index is 0.000000139. The average Bonchev–Trinajstić information content (AvgIpc) is 4.23. The minimum atomic E-state index is 1.17. The summed E-state index contributed by atoms with van der Waals surface area (Å²) in [5.74, 6) is 0. The van der Waals surface area contributed by atoms with Crippen LogP contribution in [0.3, 0.4) is 0 Å². The molecule has 0 N–H and O–H groups in total. The largest absolute Gasteiger partial charge is 0.309 e. The van der Waals surface area contributed by atoms with Gasteiger partial charge in [0, 0.05) is 32.9 Å². The van der Waals surface area contributed by atoms with E-state index in [1.54, 1.807) is 0 Å². The Labute approximate surface area is 471 Å². The zero-order chi connectivity index (χ0) is 54.1. The third kappa shape index (κ3) is 8.02. The van der Waals surface area contributed by atoms with Gasteiger partial charge in [-0.15, -0.1) is 0 Å². The van der Waals surface area contributed by atoms with Gasteiger partial charge in [-0.25, -0.2) is 0 Å². The molecule has 0 fully saturated rings. The molecule has 0 saturated carbocycles. The fourth-order valence-electron chi connectivity index (χ4n) is 13.2. The highest BCUT2D eigenvalue weighted by Crippen LogP contribution is 2.46. The van der Waals surface area contributed by atoms with Gasteiger partial charge < -0.3 is 9.13 Å². The van der Waals surface area contributed by atoms with E-state index in [1.165, 1.54) is 159 Å². The van der Waals surface area contributed by atoms with Crippen LogP contribution in [-0.4, -0.2) is 9.13 Å². The minimum absolute atomic E-state index is 1.17. The van der Waals surface area contributed by atoms with Gasteiger partial charge in [0.25, 0.3) is 0 Å². The number of rotatable bonds is 6. The maximum atomic E-state index is 2.39. The summed E-state index contributed by atoms with van der Waals surface area (Å²) in [6, 6.07) is 104. The maximum Gasteiger partial charge on any atom is 0.0541 e. The van der Waals surface area contributed by atoms with E-state index in [2.05, 4.69) is 315 Å². The van der Waals surface area contributed by atoms with Crippen LogP contribution in [0, 0.1) is 20.8 Å². The number of fused-ring (bicyclic) bond motifs is 10. The number of aromatic nitrogens is 2. The van der Waals surface area contributed by atoms with Crippen molar-refractivity contribution in [1.29, 1.82) is 0 Å². The van der Waals surface area contributed by atoms with E-state index in [1.807, 2.05) is 0 Å². The topological polar surface area (TPSA) is 9.86 Å². The van der Waals surface area contributed by atoms with E-state index in [4.69, 9.17) is 0 Å². The molecule has 0 spiro atoms. The molecule has 0 aliphatic heterocycles. The van der Waals surface area contributed by atoms with Crippen molar-refractivity contribution in [1.82, 2.24) is 9.13 Å². The molecule has 0 amide bonds. The van der Waals surface area contributed by atoms with Gasteiger partial charge in [-0.1, -0.05) is 241 Å². The molecule has 0 unspecified atom stereocenters. The molecule has 16 aromatic rings. The van der Waals surface area contributed by atoms with Crippen LogP contribution in [0.5, 0.6) is 0 Å². The first-order chi connectivity index (χ1) is 39.9. The van der Waals surface area contributed by atoms with Gasteiger partial charge in [0.1, 0.15) is 0 Å². The summed E-state index contributed by atoms with van der Waals surface area (Å²) in [4.78, 5) is 0. The first kappa shape index (κ1) is 47.9. The molecule has 0 atom stereocenters. The Bertz CT molecular complexity index is 5040. The van der Waals surface area contributed by atoms with Crippen molar-refractivity contribution in [3.05, 3.63) is 302 Å². The second kappa shape index (κ2) is 19.6. The van der Waals surface area contributed by atoms with Crippen molar-refractivity contribution in [2.24, 2.45) is 0 Å². The van der Waals surface area contributed by atoms with E-state index in [9.17, 15) is 0 Å². The minimum Gasteiger partial charge on any atom is -0.309 e. The first-order valence-electron chi connectivity index (χ1n) is 28.2. The van der Waals surface area contributed by atoms with E-state index >= 15 is 0 Å². The zero-order valence-electron chi connectivity index (χ0n) is 45.5. The van der Waals surface area contributed by atoms with Crippen LogP contribution in [-0.2, 0) is 0 Å². The van der Waals surface area contributed by atoms with E-state index in [0.29, 0.717) is 0 Å². The fourth-order valence-corrected chi connectivity index (χ4v) is 13.2. The van der Waals surface area contributed by atoms with Gasteiger partial charge >= 0.3 is 0 Å². The normalized spacial score (nSPS) is 11.6.